The van der Waals surface area contributed by atoms with Gasteiger partial charge in [-0.25, -0.2) is 18.9 Å². The van der Waals surface area contributed by atoms with E-state index in [1.54, 1.807) is 53.9 Å². The lowest BCUT2D eigenvalue weighted by Crippen LogP contribution is -2.47. The monoisotopic (exact) mass is 562 g/mol. The third kappa shape index (κ3) is 5.81. The van der Waals surface area contributed by atoms with E-state index in [2.05, 4.69) is 10.5 Å². The van der Waals surface area contributed by atoms with Gasteiger partial charge >= 0.3 is 6.09 Å². The molecule has 0 unspecified atom stereocenters. The Labute approximate surface area is 228 Å². The Morgan fingerprint density at radius 3 is 2.81 bits per heavy atom. The van der Waals surface area contributed by atoms with Crippen LogP contribution in [0.1, 0.15) is 29.7 Å². The summed E-state index contributed by atoms with van der Waals surface area (Å²) in [6, 6.07) is 11.5. The number of benzene rings is 2. The Morgan fingerprint density at radius 2 is 2.05 bits per heavy atom. The minimum atomic E-state index is -0.614. The average molecular weight is 563 g/mol. The topological polar surface area (TPSA) is 68.6 Å². The number of amides is 1. The molecule has 1 amide bonds. The molecule has 2 aliphatic rings. The number of hydrogen-bond donors (Lipinski definition) is 1. The normalized spacial score (nSPS) is 18.7. The van der Waals surface area contributed by atoms with Gasteiger partial charge in [0.2, 0.25) is 5.88 Å². The molecule has 0 bridgehead atoms. The maximum Gasteiger partial charge on any atom is 0.428 e. The van der Waals surface area contributed by atoms with Crippen LogP contribution in [0.2, 0.25) is 10.0 Å². The molecule has 1 N–H and O–H groups in total. The van der Waals surface area contributed by atoms with Crippen molar-refractivity contribution in [1.82, 2.24) is 20.2 Å². The summed E-state index contributed by atoms with van der Waals surface area (Å²) in [5.41, 5.74) is 6.80. The van der Waals surface area contributed by atoms with Crippen molar-refractivity contribution in [3.63, 3.8) is 0 Å². The van der Waals surface area contributed by atoms with Crippen LogP contribution in [0.4, 0.5) is 9.18 Å². The zero-order valence-corrected chi connectivity index (χ0v) is 22.4. The van der Waals surface area contributed by atoms with Crippen LogP contribution in [-0.4, -0.2) is 52.9 Å². The number of rotatable bonds is 6. The smallest absolute Gasteiger partial charge is 0.388 e. The maximum absolute atomic E-state index is 13.5. The number of carbonyl (C=O) groups excluding carboxylic acids is 1. The summed E-state index contributed by atoms with van der Waals surface area (Å²) in [4.78, 5) is 12.9. The molecule has 2 aromatic carbocycles. The molecule has 1 atom stereocenters. The second kappa shape index (κ2) is 11.4. The summed E-state index contributed by atoms with van der Waals surface area (Å²) in [5.74, 6) is 1.20. The summed E-state index contributed by atoms with van der Waals surface area (Å²) in [6.07, 6.45) is 3.26. The Balaban J connectivity index is 1.52. The molecule has 1 aromatic heterocycles. The fourth-order valence-corrected chi connectivity index (χ4v) is 6.07. The minimum Gasteiger partial charge on any atom is -0.388 e. The van der Waals surface area contributed by atoms with E-state index in [1.165, 1.54) is 12.1 Å². The zero-order valence-electron chi connectivity index (χ0n) is 20.0. The van der Waals surface area contributed by atoms with Gasteiger partial charge in [-0.1, -0.05) is 35.3 Å². The lowest BCUT2D eigenvalue weighted by molar-refractivity contribution is 0.0811. The number of aromatic nitrogens is 2. The van der Waals surface area contributed by atoms with E-state index in [0.29, 0.717) is 33.8 Å². The molecule has 194 valence electrons. The maximum atomic E-state index is 13.5. The van der Waals surface area contributed by atoms with Gasteiger partial charge in [0, 0.05) is 30.2 Å². The Kier molecular flexibility index (Phi) is 8.07. The zero-order chi connectivity index (χ0) is 25.9. The first-order valence-electron chi connectivity index (χ1n) is 11.8. The molecule has 2 aliphatic heterocycles. The summed E-state index contributed by atoms with van der Waals surface area (Å²) in [7, 11) is 1.64. The van der Waals surface area contributed by atoms with Crippen LogP contribution < -0.4 is 10.2 Å². The quantitative estimate of drug-likeness (QED) is 0.384. The highest BCUT2D eigenvalue weighted by atomic mass is 35.5. The second-order valence-corrected chi connectivity index (χ2v) is 10.6. The van der Waals surface area contributed by atoms with E-state index in [-0.39, 0.29) is 17.7 Å². The number of nitrogens with one attached hydrogen (secondary N) is 1. The molecule has 0 aliphatic carbocycles. The Hall–Kier alpha value is -2.56. The summed E-state index contributed by atoms with van der Waals surface area (Å²) < 4.78 is 26.2. The summed E-state index contributed by atoms with van der Waals surface area (Å²) >= 11 is 14.4. The number of ether oxygens (including phenoxy) is 2. The van der Waals surface area contributed by atoms with Crippen molar-refractivity contribution in [2.24, 2.45) is 0 Å². The molecular weight excluding hydrogens is 538 g/mol. The lowest BCUT2D eigenvalue weighted by Gasteiger charge is -2.23. The molecule has 7 nitrogen and oxygen atoms in total. The van der Waals surface area contributed by atoms with Gasteiger partial charge in [-0.15, -0.1) is 5.10 Å². The first-order valence-corrected chi connectivity index (χ1v) is 13.7. The van der Waals surface area contributed by atoms with Crippen molar-refractivity contribution in [3.05, 3.63) is 75.1 Å². The highest BCUT2D eigenvalue weighted by Crippen LogP contribution is 2.41. The number of carbonyl (C=O) groups is 1. The molecule has 37 heavy (non-hydrogen) atoms. The number of fused-ring (bicyclic) bond motifs is 1. The molecule has 5 rings (SSSR count). The molecule has 1 fully saturated rings. The molecule has 11 heteroatoms. The summed E-state index contributed by atoms with van der Waals surface area (Å²) in [6.45, 7) is 1.24. The highest BCUT2D eigenvalue weighted by molar-refractivity contribution is 7.99. The first-order chi connectivity index (χ1) is 17.9. The summed E-state index contributed by atoms with van der Waals surface area (Å²) in [5, 5.41) is 7.43. The Morgan fingerprint density at radius 1 is 1.24 bits per heavy atom. The third-order valence-corrected chi connectivity index (χ3v) is 7.81. The van der Waals surface area contributed by atoms with Gasteiger partial charge in [0.15, 0.2) is 0 Å². The van der Waals surface area contributed by atoms with Crippen LogP contribution in [0.25, 0.3) is 17.3 Å². The van der Waals surface area contributed by atoms with E-state index in [0.717, 1.165) is 41.8 Å². The number of hydrazine groups is 1. The van der Waals surface area contributed by atoms with Gasteiger partial charge in [-0.05, 0) is 60.4 Å². The van der Waals surface area contributed by atoms with Crippen LogP contribution in [0.15, 0.2) is 42.5 Å². The molecule has 0 saturated carbocycles. The van der Waals surface area contributed by atoms with Crippen LogP contribution >= 0.6 is 35.0 Å². The van der Waals surface area contributed by atoms with Crippen molar-refractivity contribution in [2.75, 3.05) is 26.0 Å². The minimum absolute atomic E-state index is 0.0951. The standard InChI is InChI=1S/C26H25Cl2FN4O3S/c1-35-13-20-3-2-10-32(20)31-26(34)36-25-21-15-37-14-17(11-16-4-7-19(29)8-5-16)24(21)33(30-25)23-9-6-18(27)12-22(23)28/h4-9,11-12,20H,2-3,10,13-15H2,1H3,(H,31,34)/b17-11+/t20-/m1/s1. The van der Waals surface area contributed by atoms with Crippen molar-refractivity contribution < 1.29 is 18.7 Å². The van der Waals surface area contributed by atoms with Gasteiger partial charge in [0.25, 0.3) is 0 Å². The van der Waals surface area contributed by atoms with Crippen LogP contribution in [0.5, 0.6) is 5.88 Å². The molecular formula is C26H25Cl2FN4O3S. The molecule has 3 heterocycles. The highest BCUT2D eigenvalue weighted by Gasteiger charge is 2.30. The van der Waals surface area contributed by atoms with Crippen molar-refractivity contribution >= 4 is 52.7 Å². The SMILES string of the molecule is COC[C@H]1CCCN1NC(=O)Oc1nn(-c2ccc(Cl)cc2Cl)c2c1CSC/C2=C\c1ccc(F)cc1. The van der Waals surface area contributed by atoms with Gasteiger partial charge in [0.05, 0.1) is 34.6 Å². The van der Waals surface area contributed by atoms with Crippen molar-refractivity contribution in [3.8, 4) is 11.6 Å². The van der Waals surface area contributed by atoms with E-state index in [1.807, 2.05) is 11.1 Å². The van der Waals surface area contributed by atoms with E-state index >= 15 is 0 Å². The molecule has 0 radical (unpaired) electrons. The predicted molar refractivity (Wildman–Crippen MR) is 145 cm³/mol. The number of thioether (sulfide) groups is 1. The van der Waals surface area contributed by atoms with Gasteiger partial charge < -0.3 is 9.47 Å². The molecule has 3 aromatic rings. The van der Waals surface area contributed by atoms with Crippen LogP contribution in [0.3, 0.4) is 0 Å². The fourth-order valence-electron chi connectivity index (χ4n) is 4.58. The Bertz CT molecular complexity index is 1330. The largest absolute Gasteiger partial charge is 0.428 e. The van der Waals surface area contributed by atoms with Crippen LogP contribution in [-0.2, 0) is 10.5 Å². The van der Waals surface area contributed by atoms with Crippen molar-refractivity contribution in [1.29, 1.82) is 0 Å². The fraction of sp³-hybridized carbons (Fsp3) is 0.308. The molecule has 1 saturated heterocycles. The van der Waals surface area contributed by atoms with E-state index < -0.39 is 6.09 Å². The van der Waals surface area contributed by atoms with Crippen molar-refractivity contribution in [2.45, 2.75) is 24.6 Å². The average Bonchev–Trinajstić information content (AvgIpc) is 3.46. The first kappa shape index (κ1) is 26.1. The van der Waals surface area contributed by atoms with Gasteiger partial charge in [0.1, 0.15) is 5.82 Å². The van der Waals surface area contributed by atoms with E-state index in [4.69, 9.17) is 32.7 Å². The van der Waals surface area contributed by atoms with E-state index in [9.17, 15) is 9.18 Å². The van der Waals surface area contributed by atoms with Gasteiger partial charge in [-0.2, -0.15) is 11.8 Å². The lowest BCUT2D eigenvalue weighted by atomic mass is 10.1. The van der Waals surface area contributed by atoms with Gasteiger partial charge in [-0.3, -0.25) is 5.43 Å². The number of methoxy groups -OCH3 is 1. The second-order valence-electron chi connectivity index (χ2n) is 8.80. The predicted octanol–water partition coefficient (Wildman–Crippen LogP) is 6.22. The number of halogens is 3. The van der Waals surface area contributed by atoms with Crippen LogP contribution in [0, 0.1) is 5.82 Å². The molecule has 0 spiro atoms. The number of nitrogens with zero attached hydrogens (tertiary/aromatic N) is 3. The third-order valence-electron chi connectivity index (χ3n) is 6.26. The number of hydrogen-bond acceptors (Lipinski definition) is 6.